The van der Waals surface area contributed by atoms with E-state index in [2.05, 4.69) is 16.0 Å². The maximum atomic E-state index is 15.5. The number of nitrogens with one attached hydrogen (secondary N) is 3. The molecule has 6 rings (SSSR count). The smallest absolute Gasteiger partial charge is 0.310 e. The molecule has 436 valence electrons. The van der Waals surface area contributed by atoms with Gasteiger partial charge >= 0.3 is 5.97 Å². The van der Waals surface area contributed by atoms with Crippen molar-refractivity contribution < 1.29 is 62.5 Å². The average Bonchev–Trinajstić information content (AvgIpc) is 4.06. The van der Waals surface area contributed by atoms with Gasteiger partial charge < -0.3 is 37.0 Å². The number of carboxylic acids is 1. The molecule has 4 aromatic rings. The molecule has 8 N–H and O–H groups in total. The number of rotatable bonds is 21. The van der Waals surface area contributed by atoms with E-state index in [1.807, 2.05) is 0 Å². The predicted molar refractivity (Wildman–Crippen MR) is 307 cm³/mol. The summed E-state index contributed by atoms with van der Waals surface area (Å²) in [6, 6.07) is 24.1. The van der Waals surface area contributed by atoms with Crippen molar-refractivity contribution in [3.8, 4) is 0 Å². The molecule has 81 heavy (non-hydrogen) atoms. The van der Waals surface area contributed by atoms with Crippen LogP contribution in [0.25, 0.3) is 0 Å². The molecule has 7 amide bonds. The van der Waals surface area contributed by atoms with E-state index in [0.29, 0.717) is 33.5 Å². The lowest BCUT2D eigenvalue weighted by Crippen LogP contribution is -2.44. The van der Waals surface area contributed by atoms with Crippen molar-refractivity contribution in [2.45, 2.75) is 86.3 Å². The minimum absolute atomic E-state index is 0.0107. The second-order valence-electron chi connectivity index (χ2n) is 19.2. The number of hydrogen-bond donors (Lipinski definition) is 7. The lowest BCUT2D eigenvalue weighted by atomic mass is 9.96. The van der Waals surface area contributed by atoms with Crippen LogP contribution in [-0.2, 0) is 32.4 Å². The maximum Gasteiger partial charge on any atom is 0.310 e. The lowest BCUT2D eigenvalue weighted by Gasteiger charge is -2.24. The quantitative estimate of drug-likeness (QED) is 0.0233. The fourth-order valence-electron chi connectivity index (χ4n) is 8.09. The number of carboxylic acid groups (broad SMARTS) is 1. The highest BCUT2D eigenvalue weighted by molar-refractivity contribution is 6.76. The summed E-state index contributed by atoms with van der Waals surface area (Å²) in [6.45, 7) is 6.44. The lowest BCUT2D eigenvalue weighted by molar-refractivity contribution is -0.140. The normalized spacial score (nSPS) is 15.0. The van der Waals surface area contributed by atoms with E-state index in [0.717, 1.165) is 33.2 Å². The Labute approximate surface area is 496 Å². The van der Waals surface area contributed by atoms with Crippen LogP contribution in [0.4, 0.5) is 20.2 Å². The van der Waals surface area contributed by atoms with Crippen LogP contribution in [0.15, 0.2) is 121 Å². The number of aliphatic hydroxyl groups is 2. The zero-order valence-corrected chi connectivity index (χ0v) is 48.7. The van der Waals surface area contributed by atoms with Crippen molar-refractivity contribution in [2.75, 3.05) is 24.1 Å². The van der Waals surface area contributed by atoms with E-state index < -0.39 is 102 Å². The van der Waals surface area contributed by atoms with E-state index in [1.54, 1.807) is 125 Å². The van der Waals surface area contributed by atoms with Crippen molar-refractivity contribution in [3.63, 3.8) is 0 Å². The number of halogens is 8. The highest BCUT2D eigenvalue weighted by Gasteiger charge is 2.38. The number of anilines is 2. The first-order valence-corrected chi connectivity index (χ1v) is 27.4. The maximum absolute atomic E-state index is 15.5. The molecule has 2 aliphatic heterocycles. The van der Waals surface area contributed by atoms with E-state index in [1.165, 1.54) is 0 Å². The number of amides is 7. The molecular formula is C56H60Cl6F2N6O11. The molecule has 4 atom stereocenters. The number of carbonyl (C=O) groups is 8. The van der Waals surface area contributed by atoms with Gasteiger partial charge in [0.2, 0.25) is 5.91 Å². The largest absolute Gasteiger partial charge is 0.481 e. The molecule has 25 heteroatoms. The molecule has 2 aliphatic rings. The molecular weight excluding hydrogens is 1180 g/mol. The van der Waals surface area contributed by atoms with E-state index in [4.69, 9.17) is 80.4 Å². The SMILES string of the molecule is CC(C)[C@H](NC(=O)C(Cl)(Cl)Cl)/C(F)=C/[C@@H](CCCN1C(=O)c2ccccc2C1=O)C(=O)Nc1ccc(CO)cc1.CC(C)[C@H](NC(=O)C(Cl)(Cl)Cl)/C(F)=C/[C@@H](CCCN1C(=O)c2ccccc2C1=O)C(=O)O.Nc1ccc(CO)cc1. The second kappa shape index (κ2) is 30.8. The first-order valence-electron chi connectivity index (χ1n) is 25.1. The number of hydrogen-bond acceptors (Lipinski definition) is 11. The Morgan fingerprint density at radius 1 is 0.568 bits per heavy atom. The van der Waals surface area contributed by atoms with Crippen LogP contribution in [0.1, 0.15) is 106 Å². The van der Waals surface area contributed by atoms with Gasteiger partial charge in [0.05, 0.1) is 59.4 Å². The summed E-state index contributed by atoms with van der Waals surface area (Å²) in [5.41, 5.74) is 9.29. The minimum atomic E-state index is -2.31. The fraction of sp³-hybridized carbons (Fsp3) is 0.357. The number of aliphatic carboxylic acids is 1. The van der Waals surface area contributed by atoms with Crippen molar-refractivity contribution in [1.29, 1.82) is 0 Å². The Morgan fingerprint density at radius 3 is 1.22 bits per heavy atom. The monoisotopic (exact) mass is 1240 g/mol. The summed E-state index contributed by atoms with van der Waals surface area (Å²) in [6.07, 6.45) is 2.34. The Hall–Kier alpha value is -6.16. The predicted octanol–water partition coefficient (Wildman–Crippen LogP) is 10.1. The number of imide groups is 2. The Balaban J connectivity index is 0.000000306. The van der Waals surface area contributed by atoms with Crippen LogP contribution in [0, 0.1) is 23.7 Å². The molecule has 0 spiro atoms. The summed E-state index contributed by atoms with van der Waals surface area (Å²) in [5, 5.41) is 34.6. The summed E-state index contributed by atoms with van der Waals surface area (Å²) < 4.78 is 25.8. The van der Waals surface area contributed by atoms with Crippen molar-refractivity contribution in [1.82, 2.24) is 20.4 Å². The van der Waals surface area contributed by atoms with Gasteiger partial charge in [-0.05, 0) is 109 Å². The van der Waals surface area contributed by atoms with Gasteiger partial charge in [-0.3, -0.25) is 48.2 Å². The Bertz CT molecular complexity index is 2900. The molecule has 0 saturated carbocycles. The Morgan fingerprint density at radius 2 is 0.901 bits per heavy atom. The summed E-state index contributed by atoms with van der Waals surface area (Å²) in [7, 11) is 0. The number of nitrogens with zero attached hydrogens (tertiary/aromatic N) is 2. The summed E-state index contributed by atoms with van der Waals surface area (Å²) in [4.78, 5) is 101. The van der Waals surface area contributed by atoms with E-state index >= 15 is 4.39 Å². The number of alkyl halides is 6. The molecule has 0 unspecified atom stereocenters. The van der Waals surface area contributed by atoms with Gasteiger partial charge in [-0.15, -0.1) is 0 Å². The number of carbonyl (C=O) groups excluding carboxylic acids is 7. The highest BCUT2D eigenvalue weighted by atomic mass is 35.6. The zero-order valence-electron chi connectivity index (χ0n) is 44.1. The van der Waals surface area contributed by atoms with Gasteiger partial charge in [0.25, 0.3) is 43.0 Å². The van der Waals surface area contributed by atoms with Gasteiger partial charge in [-0.25, -0.2) is 8.78 Å². The van der Waals surface area contributed by atoms with Crippen LogP contribution < -0.4 is 21.7 Å². The highest BCUT2D eigenvalue weighted by Crippen LogP contribution is 2.31. The van der Waals surface area contributed by atoms with Crippen LogP contribution >= 0.6 is 69.6 Å². The molecule has 0 aromatic heterocycles. The van der Waals surface area contributed by atoms with E-state index in [9.17, 15) is 53.0 Å². The molecule has 2 heterocycles. The molecule has 0 fully saturated rings. The number of aliphatic hydroxyl groups excluding tert-OH is 2. The first-order chi connectivity index (χ1) is 38.0. The third-order valence-corrected chi connectivity index (χ3v) is 13.5. The zero-order chi connectivity index (χ0) is 60.5. The Kier molecular flexibility index (Phi) is 25.6. The molecule has 0 saturated heterocycles. The van der Waals surface area contributed by atoms with Crippen molar-refractivity contribution in [2.24, 2.45) is 23.7 Å². The first kappa shape index (κ1) is 67.3. The summed E-state index contributed by atoms with van der Waals surface area (Å²) >= 11 is 33.4. The molecule has 0 radical (unpaired) electrons. The van der Waals surface area contributed by atoms with Gasteiger partial charge in [0.1, 0.15) is 11.7 Å². The number of benzene rings is 4. The number of nitrogen functional groups attached to an aromatic ring is 1. The van der Waals surface area contributed by atoms with Crippen LogP contribution in [0.2, 0.25) is 0 Å². The van der Waals surface area contributed by atoms with Gasteiger partial charge in [0, 0.05) is 24.5 Å². The van der Waals surface area contributed by atoms with Gasteiger partial charge in [-0.1, -0.05) is 146 Å². The van der Waals surface area contributed by atoms with Gasteiger partial charge in [0.15, 0.2) is 0 Å². The van der Waals surface area contributed by atoms with Gasteiger partial charge in [-0.2, -0.15) is 0 Å². The number of nitrogens with two attached hydrogens (primary N) is 1. The standard InChI is InChI=1S/C28H29Cl3FN3O5.C21H22Cl3FN2O5.C7H9NO/c1-16(2)23(34-27(40)28(29,30)31)22(32)14-18(24(37)33-19-11-9-17(15-36)10-12-19)6-5-13-35-25(38)20-7-3-4-8-21(20)26(35)39;1-11(2)16(26-20(32)21(22,23)24)15(25)10-12(19(30)31)6-5-9-27-17(28)13-7-3-4-8-14(13)18(27)29;8-7-3-1-6(5-9)2-4-7/h3-4,7-12,14,16,18,23,36H,5-6,13,15H2,1-2H3,(H,33,37)(H,34,40);3-4,7-8,10-12,16H,5-6,9H2,1-2H3,(H,26,32)(H,30,31);1-4,9H,5,8H2/b22-14-;15-10-;/t18-,23+;12-,16+;/m11./s1. The second-order valence-corrected chi connectivity index (χ2v) is 23.7. The molecule has 4 aromatic carbocycles. The summed E-state index contributed by atoms with van der Waals surface area (Å²) in [5.74, 6) is -10.6. The van der Waals surface area contributed by atoms with Crippen molar-refractivity contribution in [3.05, 3.63) is 154 Å². The fourth-order valence-corrected chi connectivity index (χ4v) is 8.42. The van der Waals surface area contributed by atoms with Crippen LogP contribution in [-0.4, -0.2) is 105 Å². The third kappa shape index (κ3) is 19.5. The van der Waals surface area contributed by atoms with Crippen molar-refractivity contribution >= 4 is 128 Å². The van der Waals surface area contributed by atoms with E-state index in [-0.39, 0.29) is 52.0 Å². The third-order valence-electron chi connectivity index (χ3n) is 12.5. The molecule has 0 aliphatic carbocycles. The average molecular weight is 1240 g/mol. The molecule has 0 bridgehead atoms. The van der Waals surface area contributed by atoms with Crippen LogP contribution in [0.3, 0.4) is 0 Å². The molecule has 17 nitrogen and oxygen atoms in total. The minimum Gasteiger partial charge on any atom is -0.481 e. The number of fused-ring (bicyclic) bond motifs is 2. The topological polar surface area (TPSA) is 266 Å². The van der Waals surface area contributed by atoms with Crippen LogP contribution in [0.5, 0.6) is 0 Å².